The molecule has 0 spiro atoms. The number of hydrogen-bond acceptors (Lipinski definition) is 2. The third-order valence-electron chi connectivity index (χ3n) is 4.24. The molecule has 0 amide bonds. The first-order chi connectivity index (χ1) is 8.88. The van der Waals surface area contributed by atoms with Crippen LogP contribution in [-0.2, 0) is 0 Å². The number of unbranched alkanes of at least 4 members (excludes halogenated alkanes) is 7. The smallest absolute Gasteiger partial charge is 0.0218 e. The molecule has 1 aliphatic rings. The zero-order chi connectivity index (χ0) is 13.1. The first-order valence-corrected chi connectivity index (χ1v) is 8.33. The summed E-state index contributed by atoms with van der Waals surface area (Å²) < 4.78 is 0. The van der Waals surface area contributed by atoms with Crippen molar-refractivity contribution >= 4 is 0 Å². The van der Waals surface area contributed by atoms with Crippen LogP contribution in [0.1, 0.15) is 71.6 Å². The Bertz CT molecular complexity index is 182. The fraction of sp³-hybridized carbons (Fsp3) is 1.00. The molecule has 2 heteroatoms. The molecule has 1 unspecified atom stereocenters. The van der Waals surface area contributed by atoms with E-state index in [0.29, 0.717) is 0 Å². The summed E-state index contributed by atoms with van der Waals surface area (Å²) in [5.74, 6) is 0. The van der Waals surface area contributed by atoms with Crippen molar-refractivity contribution in [2.45, 2.75) is 77.7 Å². The highest BCUT2D eigenvalue weighted by molar-refractivity contribution is 4.78. The van der Waals surface area contributed by atoms with Gasteiger partial charge in [-0.15, -0.1) is 0 Å². The van der Waals surface area contributed by atoms with Crippen LogP contribution in [0.25, 0.3) is 0 Å². The van der Waals surface area contributed by atoms with Gasteiger partial charge in [0, 0.05) is 25.7 Å². The molecule has 0 aliphatic carbocycles. The first-order valence-electron chi connectivity index (χ1n) is 8.33. The molecule has 0 radical (unpaired) electrons. The van der Waals surface area contributed by atoms with E-state index in [-0.39, 0.29) is 0 Å². The van der Waals surface area contributed by atoms with Gasteiger partial charge in [0.1, 0.15) is 0 Å². The molecular formula is C16H34N2. The molecule has 0 aromatic rings. The van der Waals surface area contributed by atoms with E-state index < -0.39 is 0 Å². The molecule has 1 fully saturated rings. The average molecular weight is 254 g/mol. The van der Waals surface area contributed by atoms with Gasteiger partial charge in [0.2, 0.25) is 0 Å². The van der Waals surface area contributed by atoms with Crippen LogP contribution in [0.15, 0.2) is 0 Å². The van der Waals surface area contributed by atoms with Crippen LogP contribution >= 0.6 is 0 Å². The van der Waals surface area contributed by atoms with Gasteiger partial charge in [0.05, 0.1) is 0 Å². The van der Waals surface area contributed by atoms with E-state index in [1.165, 1.54) is 84.0 Å². The molecule has 0 aromatic carbocycles. The molecule has 0 saturated carbocycles. The van der Waals surface area contributed by atoms with Crippen molar-refractivity contribution in [3.63, 3.8) is 0 Å². The Hall–Kier alpha value is -0.0800. The zero-order valence-electron chi connectivity index (χ0n) is 12.7. The van der Waals surface area contributed by atoms with Crippen LogP contribution in [0, 0.1) is 0 Å². The number of hydrogen-bond donors (Lipinski definition) is 1. The molecule has 1 aliphatic heterocycles. The summed E-state index contributed by atoms with van der Waals surface area (Å²) in [4.78, 5) is 2.70. The van der Waals surface area contributed by atoms with E-state index in [4.69, 9.17) is 0 Å². The highest BCUT2D eigenvalue weighted by Crippen LogP contribution is 2.11. The molecular weight excluding hydrogens is 220 g/mol. The molecule has 1 N–H and O–H groups in total. The standard InChI is InChI=1S/C16H34N2/c1-3-5-6-7-8-9-10-11-13-18-14-12-17-15-16(18)4-2/h16-17H,3-15H2,1-2H3. The van der Waals surface area contributed by atoms with E-state index in [1.54, 1.807) is 0 Å². The van der Waals surface area contributed by atoms with Crippen molar-refractivity contribution in [1.82, 2.24) is 10.2 Å². The summed E-state index contributed by atoms with van der Waals surface area (Å²) in [7, 11) is 0. The van der Waals surface area contributed by atoms with Gasteiger partial charge in [0.15, 0.2) is 0 Å². The highest BCUT2D eigenvalue weighted by atomic mass is 15.2. The van der Waals surface area contributed by atoms with Gasteiger partial charge in [-0.05, 0) is 19.4 Å². The number of rotatable bonds is 10. The van der Waals surface area contributed by atoms with Crippen LogP contribution in [0.3, 0.4) is 0 Å². The minimum Gasteiger partial charge on any atom is -0.314 e. The van der Waals surface area contributed by atoms with Crippen LogP contribution in [0.2, 0.25) is 0 Å². The van der Waals surface area contributed by atoms with Gasteiger partial charge in [-0.1, -0.05) is 58.8 Å². The van der Waals surface area contributed by atoms with E-state index in [2.05, 4.69) is 24.1 Å². The maximum Gasteiger partial charge on any atom is 0.0218 e. The second kappa shape index (κ2) is 10.8. The second-order valence-corrected chi connectivity index (χ2v) is 5.78. The maximum absolute atomic E-state index is 3.50. The lowest BCUT2D eigenvalue weighted by Gasteiger charge is -2.35. The Morgan fingerprint density at radius 2 is 1.61 bits per heavy atom. The van der Waals surface area contributed by atoms with Crippen LogP contribution in [-0.4, -0.2) is 37.1 Å². The quantitative estimate of drug-likeness (QED) is 0.596. The lowest BCUT2D eigenvalue weighted by atomic mass is 10.1. The average Bonchev–Trinajstić information content (AvgIpc) is 2.42. The summed E-state index contributed by atoms with van der Waals surface area (Å²) in [5.41, 5.74) is 0. The molecule has 0 aromatic heterocycles. The third-order valence-corrected chi connectivity index (χ3v) is 4.24. The Morgan fingerprint density at radius 1 is 0.944 bits per heavy atom. The molecule has 1 saturated heterocycles. The molecule has 2 nitrogen and oxygen atoms in total. The highest BCUT2D eigenvalue weighted by Gasteiger charge is 2.19. The number of nitrogens with zero attached hydrogens (tertiary/aromatic N) is 1. The summed E-state index contributed by atoms with van der Waals surface area (Å²) in [6, 6.07) is 0.795. The van der Waals surface area contributed by atoms with Gasteiger partial charge in [-0.3, -0.25) is 4.90 Å². The summed E-state index contributed by atoms with van der Waals surface area (Å²) in [6.07, 6.45) is 12.7. The summed E-state index contributed by atoms with van der Waals surface area (Å²) >= 11 is 0. The molecule has 1 atom stereocenters. The Kier molecular flexibility index (Phi) is 9.59. The van der Waals surface area contributed by atoms with Crippen molar-refractivity contribution in [3.8, 4) is 0 Å². The minimum absolute atomic E-state index is 0.795. The van der Waals surface area contributed by atoms with Gasteiger partial charge >= 0.3 is 0 Å². The Labute approximate surface area is 115 Å². The fourth-order valence-electron chi connectivity index (χ4n) is 2.95. The third kappa shape index (κ3) is 6.75. The summed E-state index contributed by atoms with van der Waals surface area (Å²) in [6.45, 7) is 9.58. The Balaban J connectivity index is 1.93. The summed E-state index contributed by atoms with van der Waals surface area (Å²) in [5, 5.41) is 3.50. The van der Waals surface area contributed by atoms with E-state index >= 15 is 0 Å². The van der Waals surface area contributed by atoms with Crippen molar-refractivity contribution < 1.29 is 0 Å². The Morgan fingerprint density at radius 3 is 2.28 bits per heavy atom. The lowest BCUT2D eigenvalue weighted by molar-refractivity contribution is 0.154. The maximum atomic E-state index is 3.50. The normalized spacial score (nSPS) is 21.3. The minimum atomic E-state index is 0.795. The fourth-order valence-corrected chi connectivity index (χ4v) is 2.95. The first kappa shape index (κ1) is 16.0. The van der Waals surface area contributed by atoms with Gasteiger partial charge in [-0.25, -0.2) is 0 Å². The second-order valence-electron chi connectivity index (χ2n) is 5.78. The van der Waals surface area contributed by atoms with Gasteiger partial charge in [-0.2, -0.15) is 0 Å². The van der Waals surface area contributed by atoms with Crippen molar-refractivity contribution in [2.24, 2.45) is 0 Å². The molecule has 18 heavy (non-hydrogen) atoms. The number of piperazine rings is 1. The van der Waals surface area contributed by atoms with E-state index in [0.717, 1.165) is 6.04 Å². The lowest BCUT2D eigenvalue weighted by Crippen LogP contribution is -2.51. The van der Waals surface area contributed by atoms with Gasteiger partial charge < -0.3 is 5.32 Å². The largest absolute Gasteiger partial charge is 0.314 e. The monoisotopic (exact) mass is 254 g/mol. The van der Waals surface area contributed by atoms with Crippen molar-refractivity contribution in [1.29, 1.82) is 0 Å². The van der Waals surface area contributed by atoms with Crippen molar-refractivity contribution in [3.05, 3.63) is 0 Å². The molecule has 0 bridgehead atoms. The molecule has 1 heterocycles. The topological polar surface area (TPSA) is 15.3 Å². The predicted molar refractivity (Wildman–Crippen MR) is 81.1 cm³/mol. The number of nitrogens with one attached hydrogen (secondary N) is 1. The SMILES string of the molecule is CCCCCCCCCCN1CCNCC1CC. The van der Waals surface area contributed by atoms with E-state index in [1.807, 2.05) is 0 Å². The molecule has 1 rings (SSSR count). The molecule has 108 valence electrons. The predicted octanol–water partition coefficient (Wildman–Crippen LogP) is 3.81. The van der Waals surface area contributed by atoms with Crippen LogP contribution in [0.4, 0.5) is 0 Å². The van der Waals surface area contributed by atoms with Crippen LogP contribution < -0.4 is 5.32 Å². The zero-order valence-corrected chi connectivity index (χ0v) is 12.7. The van der Waals surface area contributed by atoms with E-state index in [9.17, 15) is 0 Å². The van der Waals surface area contributed by atoms with Crippen LogP contribution in [0.5, 0.6) is 0 Å². The van der Waals surface area contributed by atoms with Crippen molar-refractivity contribution in [2.75, 3.05) is 26.2 Å². The van der Waals surface area contributed by atoms with Gasteiger partial charge in [0.25, 0.3) is 0 Å².